The first-order valence-corrected chi connectivity index (χ1v) is 7.55. The van der Waals surface area contributed by atoms with Crippen molar-refractivity contribution in [1.82, 2.24) is 15.0 Å². The zero-order valence-corrected chi connectivity index (χ0v) is 12.8. The maximum Gasteiger partial charge on any atom is 0.221 e. The number of aromatic nitrogens is 3. The first-order valence-electron chi connectivity index (χ1n) is 7.55. The topological polar surface area (TPSA) is 90.7 Å². The predicted octanol–water partition coefficient (Wildman–Crippen LogP) is 3.52. The van der Waals surface area contributed by atoms with Crippen molar-refractivity contribution in [2.75, 3.05) is 11.5 Å². The van der Waals surface area contributed by atoms with Gasteiger partial charge < -0.3 is 11.5 Å². The van der Waals surface area contributed by atoms with E-state index in [9.17, 15) is 0 Å². The SMILES string of the molecule is Nc1ncc(-c2ccc3ccc(-c4ccccc4)nc3c2)c(N)n1. The van der Waals surface area contributed by atoms with E-state index in [2.05, 4.69) is 16.0 Å². The van der Waals surface area contributed by atoms with Gasteiger partial charge in [-0.15, -0.1) is 0 Å². The third-order valence-electron chi connectivity index (χ3n) is 3.91. The van der Waals surface area contributed by atoms with E-state index in [0.717, 1.165) is 33.3 Å². The van der Waals surface area contributed by atoms with Gasteiger partial charge >= 0.3 is 0 Å². The number of hydrogen-bond donors (Lipinski definition) is 2. The maximum atomic E-state index is 5.97. The summed E-state index contributed by atoms with van der Waals surface area (Å²) in [6, 6.07) is 20.2. The number of pyridine rings is 1. The number of anilines is 2. The molecule has 0 saturated carbocycles. The van der Waals surface area contributed by atoms with E-state index < -0.39 is 0 Å². The largest absolute Gasteiger partial charge is 0.383 e. The number of nitrogen functional groups attached to an aromatic ring is 2. The zero-order valence-electron chi connectivity index (χ0n) is 12.8. The van der Waals surface area contributed by atoms with Crippen molar-refractivity contribution in [3.63, 3.8) is 0 Å². The maximum absolute atomic E-state index is 5.97. The number of benzene rings is 2. The van der Waals surface area contributed by atoms with E-state index in [0.29, 0.717) is 5.82 Å². The molecule has 0 amide bonds. The Morgan fingerprint density at radius 2 is 1.54 bits per heavy atom. The lowest BCUT2D eigenvalue weighted by Gasteiger charge is -2.08. The fourth-order valence-electron chi connectivity index (χ4n) is 2.69. The molecule has 0 aliphatic heterocycles. The number of nitrogens with zero attached hydrogens (tertiary/aromatic N) is 3. The molecule has 0 atom stereocenters. The molecule has 0 fully saturated rings. The Balaban J connectivity index is 1.85. The molecule has 24 heavy (non-hydrogen) atoms. The smallest absolute Gasteiger partial charge is 0.221 e. The Kier molecular flexibility index (Phi) is 3.31. The molecule has 4 aromatic rings. The molecule has 0 bridgehead atoms. The summed E-state index contributed by atoms with van der Waals surface area (Å²) in [5.74, 6) is 0.530. The summed E-state index contributed by atoms with van der Waals surface area (Å²) in [5.41, 5.74) is 16.1. The molecule has 0 spiro atoms. The van der Waals surface area contributed by atoms with Gasteiger partial charge in [0.25, 0.3) is 0 Å². The van der Waals surface area contributed by atoms with Crippen LogP contribution in [0.1, 0.15) is 0 Å². The molecule has 0 radical (unpaired) electrons. The van der Waals surface area contributed by atoms with Crippen LogP contribution in [0, 0.1) is 0 Å². The van der Waals surface area contributed by atoms with Crippen molar-refractivity contribution < 1.29 is 0 Å². The molecule has 0 aliphatic rings. The van der Waals surface area contributed by atoms with E-state index in [4.69, 9.17) is 16.5 Å². The minimum absolute atomic E-state index is 0.168. The van der Waals surface area contributed by atoms with Crippen LogP contribution in [0.5, 0.6) is 0 Å². The van der Waals surface area contributed by atoms with Crippen molar-refractivity contribution >= 4 is 22.7 Å². The van der Waals surface area contributed by atoms with E-state index in [1.54, 1.807) is 6.20 Å². The lowest BCUT2D eigenvalue weighted by Crippen LogP contribution is -2.01. The molecule has 0 unspecified atom stereocenters. The van der Waals surface area contributed by atoms with Crippen molar-refractivity contribution in [3.05, 3.63) is 66.9 Å². The van der Waals surface area contributed by atoms with Gasteiger partial charge in [0.2, 0.25) is 5.95 Å². The monoisotopic (exact) mass is 313 g/mol. The molecular formula is C19H15N5. The average molecular weight is 313 g/mol. The van der Waals surface area contributed by atoms with Gasteiger partial charge in [0.15, 0.2) is 0 Å². The van der Waals surface area contributed by atoms with Gasteiger partial charge in [-0.2, -0.15) is 4.98 Å². The molecule has 116 valence electrons. The molecule has 2 heterocycles. The average Bonchev–Trinajstić information content (AvgIpc) is 2.61. The van der Waals surface area contributed by atoms with Crippen LogP contribution in [-0.2, 0) is 0 Å². The van der Waals surface area contributed by atoms with Crippen molar-refractivity contribution in [3.8, 4) is 22.4 Å². The lowest BCUT2D eigenvalue weighted by molar-refractivity contribution is 1.20. The highest BCUT2D eigenvalue weighted by Gasteiger charge is 2.08. The number of rotatable bonds is 2. The molecule has 4 N–H and O–H groups in total. The summed E-state index contributed by atoms with van der Waals surface area (Å²) >= 11 is 0. The lowest BCUT2D eigenvalue weighted by atomic mass is 10.0. The van der Waals surface area contributed by atoms with Crippen LogP contribution in [0.2, 0.25) is 0 Å². The normalized spacial score (nSPS) is 10.8. The van der Waals surface area contributed by atoms with Crippen molar-refractivity contribution in [1.29, 1.82) is 0 Å². The van der Waals surface area contributed by atoms with Crippen LogP contribution in [-0.4, -0.2) is 15.0 Å². The van der Waals surface area contributed by atoms with Crippen LogP contribution in [0.3, 0.4) is 0 Å². The van der Waals surface area contributed by atoms with Crippen LogP contribution in [0.15, 0.2) is 66.9 Å². The zero-order chi connectivity index (χ0) is 16.5. The van der Waals surface area contributed by atoms with Gasteiger partial charge in [0, 0.05) is 22.7 Å². The quantitative estimate of drug-likeness (QED) is 0.591. The third kappa shape index (κ3) is 2.52. The second-order valence-corrected chi connectivity index (χ2v) is 5.50. The standard InChI is InChI=1S/C19H15N5/c20-18-15(11-22-19(21)24-18)14-7-6-13-8-9-16(23-17(13)10-14)12-4-2-1-3-5-12/h1-11H,(H4,20,21,22,24). The van der Waals surface area contributed by atoms with Gasteiger partial charge in [0.05, 0.1) is 11.2 Å². The predicted molar refractivity (Wildman–Crippen MR) is 97.0 cm³/mol. The Hall–Kier alpha value is -3.47. The fraction of sp³-hybridized carbons (Fsp3) is 0. The fourth-order valence-corrected chi connectivity index (χ4v) is 2.69. The highest BCUT2D eigenvalue weighted by Crippen LogP contribution is 2.28. The second kappa shape index (κ2) is 5.62. The summed E-state index contributed by atoms with van der Waals surface area (Å²) < 4.78 is 0. The Bertz CT molecular complexity index is 1030. The second-order valence-electron chi connectivity index (χ2n) is 5.50. The van der Waals surface area contributed by atoms with Crippen molar-refractivity contribution in [2.24, 2.45) is 0 Å². The summed E-state index contributed by atoms with van der Waals surface area (Å²) in [6.07, 6.45) is 1.64. The molecule has 5 heteroatoms. The van der Waals surface area contributed by atoms with E-state index in [-0.39, 0.29) is 5.95 Å². The number of hydrogen-bond acceptors (Lipinski definition) is 5. The molecule has 4 rings (SSSR count). The minimum atomic E-state index is 0.168. The number of fused-ring (bicyclic) bond motifs is 1. The highest BCUT2D eigenvalue weighted by molar-refractivity contribution is 5.87. The molecule has 2 aromatic carbocycles. The third-order valence-corrected chi connectivity index (χ3v) is 3.91. The molecule has 0 saturated heterocycles. The summed E-state index contributed by atoms with van der Waals surface area (Å²) in [4.78, 5) is 12.8. The molecular weight excluding hydrogens is 298 g/mol. The van der Waals surface area contributed by atoms with Gasteiger partial charge in [0.1, 0.15) is 5.82 Å². The Morgan fingerprint density at radius 1 is 0.750 bits per heavy atom. The van der Waals surface area contributed by atoms with Crippen LogP contribution >= 0.6 is 0 Å². The summed E-state index contributed by atoms with van der Waals surface area (Å²) in [5, 5.41) is 1.06. The first kappa shape index (κ1) is 14.1. The van der Waals surface area contributed by atoms with Gasteiger partial charge in [-0.1, -0.05) is 48.5 Å². The Labute approximate surface area is 139 Å². The van der Waals surface area contributed by atoms with Crippen LogP contribution in [0.25, 0.3) is 33.3 Å². The molecule has 0 aliphatic carbocycles. The minimum Gasteiger partial charge on any atom is -0.383 e. The van der Waals surface area contributed by atoms with E-state index >= 15 is 0 Å². The van der Waals surface area contributed by atoms with Crippen molar-refractivity contribution in [2.45, 2.75) is 0 Å². The Morgan fingerprint density at radius 3 is 2.33 bits per heavy atom. The summed E-state index contributed by atoms with van der Waals surface area (Å²) in [6.45, 7) is 0. The summed E-state index contributed by atoms with van der Waals surface area (Å²) in [7, 11) is 0. The first-order chi connectivity index (χ1) is 11.7. The van der Waals surface area contributed by atoms with E-state index in [1.165, 1.54) is 0 Å². The number of nitrogens with two attached hydrogens (primary N) is 2. The molecule has 5 nitrogen and oxygen atoms in total. The highest BCUT2D eigenvalue weighted by atomic mass is 15.0. The van der Waals surface area contributed by atoms with Crippen LogP contribution in [0.4, 0.5) is 11.8 Å². The van der Waals surface area contributed by atoms with Gasteiger partial charge in [-0.05, 0) is 17.7 Å². The van der Waals surface area contributed by atoms with Gasteiger partial charge in [-0.25, -0.2) is 9.97 Å². The van der Waals surface area contributed by atoms with Crippen LogP contribution < -0.4 is 11.5 Å². The van der Waals surface area contributed by atoms with E-state index in [1.807, 2.05) is 54.6 Å². The molecule has 2 aromatic heterocycles. The van der Waals surface area contributed by atoms with Gasteiger partial charge in [-0.3, -0.25) is 0 Å².